The second-order valence-electron chi connectivity index (χ2n) is 4.35. The Morgan fingerprint density at radius 2 is 2.08 bits per heavy atom. The van der Waals surface area contributed by atoms with E-state index in [-0.39, 0.29) is 6.10 Å². The second kappa shape index (κ2) is 3.35. The SMILES string of the molecule is C[C@@H]1CCC[C@@H]2C[C@H](O)CCN21. The number of piperidine rings is 2. The van der Waals surface area contributed by atoms with E-state index in [1.807, 2.05) is 0 Å². The molecule has 0 aliphatic carbocycles. The highest BCUT2D eigenvalue weighted by Crippen LogP contribution is 2.29. The third-order valence-corrected chi connectivity index (χ3v) is 3.46. The monoisotopic (exact) mass is 169 g/mol. The maximum Gasteiger partial charge on any atom is 0.0567 e. The van der Waals surface area contributed by atoms with Crippen molar-refractivity contribution in [1.82, 2.24) is 4.90 Å². The molecule has 0 aromatic rings. The highest BCUT2D eigenvalue weighted by molar-refractivity contribution is 4.87. The first-order valence-corrected chi connectivity index (χ1v) is 5.21. The molecular weight excluding hydrogens is 150 g/mol. The molecular formula is C10H19NO. The summed E-state index contributed by atoms with van der Waals surface area (Å²) in [6.07, 6.45) is 6.00. The topological polar surface area (TPSA) is 23.5 Å². The van der Waals surface area contributed by atoms with Gasteiger partial charge in [0.25, 0.3) is 0 Å². The summed E-state index contributed by atoms with van der Waals surface area (Å²) in [5.41, 5.74) is 0. The predicted molar refractivity (Wildman–Crippen MR) is 49.0 cm³/mol. The average Bonchev–Trinajstić information content (AvgIpc) is 2.04. The lowest BCUT2D eigenvalue weighted by Crippen LogP contribution is -2.50. The van der Waals surface area contributed by atoms with Crippen LogP contribution in [0.5, 0.6) is 0 Å². The van der Waals surface area contributed by atoms with Crippen LogP contribution in [0.1, 0.15) is 39.0 Å². The molecule has 2 fully saturated rings. The number of aliphatic hydroxyl groups excluding tert-OH is 1. The molecule has 2 aliphatic rings. The van der Waals surface area contributed by atoms with Gasteiger partial charge in [-0.15, -0.1) is 0 Å². The summed E-state index contributed by atoms with van der Waals surface area (Å²) in [6, 6.07) is 1.45. The fraction of sp³-hybridized carbons (Fsp3) is 1.00. The van der Waals surface area contributed by atoms with Gasteiger partial charge >= 0.3 is 0 Å². The van der Waals surface area contributed by atoms with Crippen molar-refractivity contribution in [3.8, 4) is 0 Å². The van der Waals surface area contributed by atoms with Crippen molar-refractivity contribution in [3.05, 3.63) is 0 Å². The quantitative estimate of drug-likeness (QED) is 0.592. The maximum absolute atomic E-state index is 9.51. The Balaban J connectivity index is 1.99. The van der Waals surface area contributed by atoms with Gasteiger partial charge in [-0.05, 0) is 32.6 Å². The number of hydrogen-bond acceptors (Lipinski definition) is 2. The summed E-state index contributed by atoms with van der Waals surface area (Å²) in [7, 11) is 0. The number of hydrogen-bond donors (Lipinski definition) is 1. The third kappa shape index (κ3) is 1.50. The van der Waals surface area contributed by atoms with Gasteiger partial charge in [0.1, 0.15) is 0 Å². The van der Waals surface area contributed by atoms with Crippen LogP contribution >= 0.6 is 0 Å². The Morgan fingerprint density at radius 1 is 1.25 bits per heavy atom. The molecule has 0 radical (unpaired) electrons. The van der Waals surface area contributed by atoms with Crippen LogP contribution in [0.4, 0.5) is 0 Å². The molecule has 0 saturated carbocycles. The minimum Gasteiger partial charge on any atom is -0.393 e. The molecule has 2 saturated heterocycles. The van der Waals surface area contributed by atoms with Crippen LogP contribution < -0.4 is 0 Å². The van der Waals surface area contributed by atoms with Crippen LogP contribution in [0, 0.1) is 0 Å². The predicted octanol–water partition coefficient (Wildman–Crippen LogP) is 1.38. The van der Waals surface area contributed by atoms with Gasteiger partial charge in [-0.25, -0.2) is 0 Å². The molecule has 0 spiro atoms. The Labute approximate surface area is 74.6 Å². The van der Waals surface area contributed by atoms with E-state index in [0.29, 0.717) is 6.04 Å². The Kier molecular flexibility index (Phi) is 2.37. The zero-order valence-corrected chi connectivity index (χ0v) is 7.87. The van der Waals surface area contributed by atoms with Crippen molar-refractivity contribution >= 4 is 0 Å². The van der Waals surface area contributed by atoms with Crippen molar-refractivity contribution in [3.63, 3.8) is 0 Å². The summed E-state index contributed by atoms with van der Waals surface area (Å²) in [4.78, 5) is 2.59. The molecule has 2 nitrogen and oxygen atoms in total. The van der Waals surface area contributed by atoms with Gasteiger partial charge in [-0.1, -0.05) is 6.42 Å². The molecule has 0 unspecified atom stereocenters. The molecule has 70 valence electrons. The summed E-state index contributed by atoms with van der Waals surface area (Å²) >= 11 is 0. The van der Waals surface area contributed by atoms with Crippen molar-refractivity contribution in [1.29, 1.82) is 0 Å². The number of nitrogens with zero attached hydrogens (tertiary/aromatic N) is 1. The third-order valence-electron chi connectivity index (χ3n) is 3.46. The fourth-order valence-electron chi connectivity index (χ4n) is 2.73. The molecule has 3 atom stereocenters. The molecule has 2 heterocycles. The lowest BCUT2D eigenvalue weighted by atomic mass is 9.88. The molecule has 2 rings (SSSR count). The minimum atomic E-state index is -0.0171. The molecule has 1 N–H and O–H groups in total. The Bertz CT molecular complexity index is 160. The molecule has 0 amide bonds. The van der Waals surface area contributed by atoms with Crippen molar-refractivity contribution < 1.29 is 5.11 Å². The summed E-state index contributed by atoms with van der Waals surface area (Å²) in [5, 5.41) is 9.51. The fourth-order valence-corrected chi connectivity index (χ4v) is 2.73. The van der Waals surface area contributed by atoms with Crippen molar-refractivity contribution in [2.45, 2.75) is 57.2 Å². The van der Waals surface area contributed by atoms with E-state index < -0.39 is 0 Å². The van der Waals surface area contributed by atoms with Gasteiger partial charge in [-0.3, -0.25) is 4.90 Å². The van der Waals surface area contributed by atoms with Gasteiger partial charge < -0.3 is 5.11 Å². The standard InChI is InChI=1S/C10H19NO/c1-8-3-2-4-9-7-10(12)5-6-11(8)9/h8-10,12H,2-7H2,1H3/t8-,9-,10-/m1/s1. The second-order valence-corrected chi connectivity index (χ2v) is 4.35. The van der Waals surface area contributed by atoms with E-state index in [2.05, 4.69) is 11.8 Å². The number of rotatable bonds is 0. The normalized spacial score (nSPS) is 44.0. The van der Waals surface area contributed by atoms with Crippen LogP contribution in [-0.4, -0.2) is 34.7 Å². The van der Waals surface area contributed by atoms with E-state index in [9.17, 15) is 5.11 Å². The van der Waals surface area contributed by atoms with Crippen LogP contribution in [0.25, 0.3) is 0 Å². The molecule has 12 heavy (non-hydrogen) atoms. The first-order valence-electron chi connectivity index (χ1n) is 5.21. The first-order chi connectivity index (χ1) is 5.77. The lowest BCUT2D eigenvalue weighted by Gasteiger charge is -2.45. The van der Waals surface area contributed by atoms with Gasteiger partial charge in [0, 0.05) is 18.6 Å². The molecule has 0 aromatic heterocycles. The molecule has 0 bridgehead atoms. The smallest absolute Gasteiger partial charge is 0.0567 e. The van der Waals surface area contributed by atoms with E-state index in [1.165, 1.54) is 19.3 Å². The summed E-state index contributed by atoms with van der Waals surface area (Å²) in [5.74, 6) is 0. The Hall–Kier alpha value is -0.0800. The number of aliphatic hydroxyl groups is 1. The van der Waals surface area contributed by atoms with E-state index in [4.69, 9.17) is 0 Å². The van der Waals surface area contributed by atoms with Gasteiger partial charge in [-0.2, -0.15) is 0 Å². The maximum atomic E-state index is 9.51. The van der Waals surface area contributed by atoms with Crippen LogP contribution in [0.15, 0.2) is 0 Å². The highest BCUT2D eigenvalue weighted by atomic mass is 16.3. The van der Waals surface area contributed by atoms with Crippen LogP contribution in [0.2, 0.25) is 0 Å². The van der Waals surface area contributed by atoms with E-state index >= 15 is 0 Å². The van der Waals surface area contributed by atoms with Crippen molar-refractivity contribution in [2.75, 3.05) is 6.54 Å². The molecule has 2 aliphatic heterocycles. The van der Waals surface area contributed by atoms with Crippen molar-refractivity contribution in [2.24, 2.45) is 0 Å². The zero-order chi connectivity index (χ0) is 8.55. The highest BCUT2D eigenvalue weighted by Gasteiger charge is 2.32. The minimum absolute atomic E-state index is 0.0171. The molecule has 0 aromatic carbocycles. The summed E-state index contributed by atoms with van der Waals surface area (Å²) < 4.78 is 0. The van der Waals surface area contributed by atoms with Crippen LogP contribution in [0.3, 0.4) is 0 Å². The van der Waals surface area contributed by atoms with Gasteiger partial charge in [0.15, 0.2) is 0 Å². The zero-order valence-electron chi connectivity index (χ0n) is 7.87. The van der Waals surface area contributed by atoms with Crippen LogP contribution in [-0.2, 0) is 0 Å². The van der Waals surface area contributed by atoms with Gasteiger partial charge in [0.2, 0.25) is 0 Å². The number of fused-ring (bicyclic) bond motifs is 1. The first kappa shape index (κ1) is 8.52. The van der Waals surface area contributed by atoms with E-state index in [1.54, 1.807) is 0 Å². The van der Waals surface area contributed by atoms with E-state index in [0.717, 1.165) is 25.4 Å². The van der Waals surface area contributed by atoms with Gasteiger partial charge in [0.05, 0.1) is 6.10 Å². The summed E-state index contributed by atoms with van der Waals surface area (Å²) in [6.45, 7) is 3.44. The average molecular weight is 169 g/mol. The largest absolute Gasteiger partial charge is 0.393 e. The lowest BCUT2D eigenvalue weighted by molar-refractivity contribution is -0.00192. The molecule has 2 heteroatoms. The Morgan fingerprint density at radius 3 is 2.92 bits per heavy atom.